The highest BCUT2D eigenvalue weighted by atomic mass is 32.2. The molecular weight excluding hydrogens is 360 g/mol. The van der Waals surface area contributed by atoms with Gasteiger partial charge in [0.15, 0.2) is 16.6 Å². The maximum Gasteiger partial charge on any atom is 0.236 e. The molecule has 25 heavy (non-hydrogen) atoms. The van der Waals surface area contributed by atoms with Gasteiger partial charge in [-0.05, 0) is 24.3 Å². The van der Waals surface area contributed by atoms with Crippen molar-refractivity contribution < 1.29 is 19.0 Å². The van der Waals surface area contributed by atoms with Crippen LogP contribution >= 0.6 is 23.1 Å². The molecule has 128 valence electrons. The Kier molecular flexibility index (Phi) is 4.37. The highest BCUT2D eigenvalue weighted by Crippen LogP contribution is 2.39. The molecule has 2 heterocycles. The number of thioether (sulfide) groups is 1. The molecule has 1 aliphatic rings. The average Bonchev–Trinajstić information content (AvgIpc) is 3.23. The van der Waals surface area contributed by atoms with Crippen molar-refractivity contribution in [3.63, 3.8) is 0 Å². The molecular formula is C17H14N2O4S2. The van der Waals surface area contributed by atoms with Crippen molar-refractivity contribution in [3.8, 4) is 17.2 Å². The van der Waals surface area contributed by atoms with E-state index in [-0.39, 0.29) is 12.7 Å². The molecule has 1 aromatic heterocycles. The molecule has 4 rings (SSSR count). The Balaban J connectivity index is 1.39. The van der Waals surface area contributed by atoms with Crippen molar-refractivity contribution in [1.82, 2.24) is 4.98 Å². The molecule has 0 fully saturated rings. The lowest BCUT2D eigenvalue weighted by molar-refractivity contribution is -0.113. The van der Waals surface area contributed by atoms with Gasteiger partial charge in [0.1, 0.15) is 5.75 Å². The van der Waals surface area contributed by atoms with E-state index in [0.717, 1.165) is 20.9 Å². The minimum Gasteiger partial charge on any atom is -0.497 e. The summed E-state index contributed by atoms with van der Waals surface area (Å²) in [6.07, 6.45) is 0. The largest absolute Gasteiger partial charge is 0.497 e. The highest BCUT2D eigenvalue weighted by Gasteiger charge is 2.17. The maximum atomic E-state index is 12.1. The molecule has 1 aliphatic heterocycles. The van der Waals surface area contributed by atoms with Gasteiger partial charge in [-0.1, -0.05) is 11.3 Å². The summed E-state index contributed by atoms with van der Waals surface area (Å²) in [4.78, 5) is 17.6. The third kappa shape index (κ3) is 3.49. The molecule has 1 N–H and O–H groups in total. The Bertz CT molecular complexity index is 883. The molecule has 0 aliphatic carbocycles. The first-order valence-corrected chi connectivity index (χ1v) is 9.28. The van der Waals surface area contributed by atoms with Crippen LogP contribution in [0.2, 0.25) is 0 Å². The number of hydrogen-bond donors (Lipinski definition) is 1. The van der Waals surface area contributed by atoms with E-state index in [2.05, 4.69) is 10.3 Å². The minimum atomic E-state index is -0.0973. The van der Waals surface area contributed by atoms with Gasteiger partial charge < -0.3 is 19.5 Å². The monoisotopic (exact) mass is 374 g/mol. The number of aromatic nitrogens is 1. The van der Waals surface area contributed by atoms with Gasteiger partial charge in [0.05, 0.1) is 23.1 Å². The second-order valence-electron chi connectivity index (χ2n) is 5.20. The van der Waals surface area contributed by atoms with E-state index in [1.807, 2.05) is 36.4 Å². The number of thiazole rings is 1. The van der Waals surface area contributed by atoms with Crippen LogP contribution in [0.25, 0.3) is 10.2 Å². The predicted octanol–water partition coefficient (Wildman–Crippen LogP) is 3.76. The van der Waals surface area contributed by atoms with Crippen LogP contribution < -0.4 is 19.5 Å². The Hall–Kier alpha value is -2.45. The second-order valence-corrected chi connectivity index (χ2v) is 7.28. The molecule has 0 saturated carbocycles. The minimum absolute atomic E-state index is 0.0973. The first kappa shape index (κ1) is 16.0. The predicted molar refractivity (Wildman–Crippen MR) is 98.1 cm³/mol. The number of carbonyl (C=O) groups is 1. The molecule has 0 radical (unpaired) electrons. The van der Waals surface area contributed by atoms with E-state index < -0.39 is 0 Å². The Morgan fingerprint density at radius 3 is 2.80 bits per heavy atom. The summed E-state index contributed by atoms with van der Waals surface area (Å²) in [5, 5.41) is 3.41. The van der Waals surface area contributed by atoms with Crippen molar-refractivity contribution in [2.45, 2.75) is 4.90 Å². The fraction of sp³-hybridized carbons (Fsp3) is 0.176. The van der Waals surface area contributed by atoms with Crippen LogP contribution in [0, 0.1) is 0 Å². The van der Waals surface area contributed by atoms with Crippen LogP contribution in [-0.4, -0.2) is 30.5 Å². The first-order valence-electron chi connectivity index (χ1n) is 7.48. The normalized spacial score (nSPS) is 12.4. The number of carbonyl (C=O) groups excluding carboxylic acids is 1. The Morgan fingerprint density at radius 1 is 1.28 bits per heavy atom. The second kappa shape index (κ2) is 6.81. The maximum absolute atomic E-state index is 12.1. The zero-order valence-electron chi connectivity index (χ0n) is 13.3. The molecule has 3 aromatic rings. The molecule has 0 atom stereocenters. The fourth-order valence-electron chi connectivity index (χ4n) is 2.35. The van der Waals surface area contributed by atoms with Crippen LogP contribution in [0.5, 0.6) is 17.2 Å². The van der Waals surface area contributed by atoms with Gasteiger partial charge in [-0.25, -0.2) is 4.98 Å². The lowest BCUT2D eigenvalue weighted by Crippen LogP contribution is -2.13. The van der Waals surface area contributed by atoms with E-state index in [0.29, 0.717) is 22.4 Å². The molecule has 8 heteroatoms. The summed E-state index contributed by atoms with van der Waals surface area (Å²) in [6.45, 7) is 0.235. The number of methoxy groups -OCH3 is 1. The standard InChI is InChI=1S/C17H14N2O4S2/c1-21-10-2-4-11(5-3-10)24-8-16(20)19-17-18-12-6-13-14(23-9-22-13)7-15(12)25-17/h2-7H,8-9H2,1H3,(H,18,19,20). The summed E-state index contributed by atoms with van der Waals surface area (Å²) in [5.74, 6) is 2.41. The highest BCUT2D eigenvalue weighted by molar-refractivity contribution is 8.00. The topological polar surface area (TPSA) is 69.7 Å². The number of hydrogen-bond acceptors (Lipinski definition) is 7. The number of amides is 1. The summed E-state index contributed by atoms with van der Waals surface area (Å²) in [6, 6.07) is 11.3. The number of benzene rings is 2. The van der Waals surface area contributed by atoms with Gasteiger partial charge in [0.2, 0.25) is 12.7 Å². The number of ether oxygens (including phenoxy) is 3. The molecule has 0 saturated heterocycles. The average molecular weight is 374 g/mol. The molecule has 2 aromatic carbocycles. The summed E-state index contributed by atoms with van der Waals surface area (Å²) < 4.78 is 16.8. The molecule has 0 spiro atoms. The molecule has 1 amide bonds. The fourth-order valence-corrected chi connectivity index (χ4v) is 3.94. The molecule has 0 unspecified atom stereocenters. The summed E-state index contributed by atoms with van der Waals surface area (Å²) in [5.41, 5.74) is 0.785. The molecule has 0 bridgehead atoms. The van der Waals surface area contributed by atoms with Crippen LogP contribution in [-0.2, 0) is 4.79 Å². The van der Waals surface area contributed by atoms with E-state index in [1.54, 1.807) is 7.11 Å². The van der Waals surface area contributed by atoms with Crippen LogP contribution in [0.3, 0.4) is 0 Å². The number of fused-ring (bicyclic) bond motifs is 2. The lowest BCUT2D eigenvalue weighted by Gasteiger charge is -2.03. The van der Waals surface area contributed by atoms with Crippen molar-refractivity contribution in [2.75, 3.05) is 25.0 Å². The smallest absolute Gasteiger partial charge is 0.236 e. The number of nitrogens with zero attached hydrogens (tertiary/aromatic N) is 1. The summed E-state index contributed by atoms with van der Waals surface area (Å²) >= 11 is 2.87. The van der Waals surface area contributed by atoms with Gasteiger partial charge >= 0.3 is 0 Å². The quantitative estimate of drug-likeness (QED) is 0.686. The van der Waals surface area contributed by atoms with E-state index in [1.165, 1.54) is 23.1 Å². The van der Waals surface area contributed by atoms with Crippen LogP contribution in [0.1, 0.15) is 0 Å². The Labute approximate surface area is 152 Å². The third-order valence-electron chi connectivity index (χ3n) is 3.56. The SMILES string of the molecule is COc1ccc(SCC(=O)Nc2nc3cc4c(cc3s2)OCO4)cc1. The van der Waals surface area contributed by atoms with Crippen molar-refractivity contribution in [1.29, 1.82) is 0 Å². The van der Waals surface area contributed by atoms with E-state index >= 15 is 0 Å². The van der Waals surface area contributed by atoms with Crippen LogP contribution in [0.4, 0.5) is 5.13 Å². The van der Waals surface area contributed by atoms with E-state index in [9.17, 15) is 4.79 Å². The van der Waals surface area contributed by atoms with Gasteiger partial charge in [-0.3, -0.25) is 4.79 Å². The molecule has 6 nitrogen and oxygen atoms in total. The number of anilines is 1. The van der Waals surface area contributed by atoms with E-state index in [4.69, 9.17) is 14.2 Å². The first-order chi connectivity index (χ1) is 12.2. The van der Waals surface area contributed by atoms with Gasteiger partial charge in [0, 0.05) is 17.0 Å². The van der Waals surface area contributed by atoms with Gasteiger partial charge in [0.25, 0.3) is 0 Å². The van der Waals surface area contributed by atoms with Gasteiger partial charge in [-0.15, -0.1) is 11.8 Å². The Morgan fingerprint density at radius 2 is 2.04 bits per heavy atom. The van der Waals surface area contributed by atoms with Gasteiger partial charge in [-0.2, -0.15) is 0 Å². The third-order valence-corrected chi connectivity index (χ3v) is 5.50. The van der Waals surface area contributed by atoms with Crippen molar-refractivity contribution in [2.24, 2.45) is 0 Å². The number of nitrogens with one attached hydrogen (secondary N) is 1. The van der Waals surface area contributed by atoms with Crippen molar-refractivity contribution in [3.05, 3.63) is 36.4 Å². The van der Waals surface area contributed by atoms with Crippen molar-refractivity contribution >= 4 is 44.4 Å². The van der Waals surface area contributed by atoms with Crippen LogP contribution in [0.15, 0.2) is 41.3 Å². The zero-order chi connectivity index (χ0) is 17.2. The number of rotatable bonds is 5. The lowest BCUT2D eigenvalue weighted by atomic mass is 10.3. The zero-order valence-corrected chi connectivity index (χ0v) is 14.9. The summed E-state index contributed by atoms with van der Waals surface area (Å²) in [7, 11) is 1.63.